The second-order valence-electron chi connectivity index (χ2n) is 7.17. The molecule has 0 spiro atoms. The van der Waals surface area contributed by atoms with Gasteiger partial charge in [-0.05, 0) is 40.5 Å². The summed E-state index contributed by atoms with van der Waals surface area (Å²) in [5.41, 5.74) is 1.39. The molecule has 2 aromatic rings. The van der Waals surface area contributed by atoms with Gasteiger partial charge in [-0.3, -0.25) is 0 Å². The molecule has 0 radical (unpaired) electrons. The van der Waals surface area contributed by atoms with E-state index in [1.165, 1.54) is 0 Å². The summed E-state index contributed by atoms with van der Waals surface area (Å²) in [7, 11) is -1.83. The van der Waals surface area contributed by atoms with Crippen LogP contribution < -0.4 is 0 Å². The smallest absolute Gasteiger partial charge is 0.336 e. The Morgan fingerprint density at radius 3 is 2.23 bits per heavy atom. The third-order valence-corrected chi connectivity index (χ3v) is 9.12. The first kappa shape index (κ1) is 16.7. The zero-order valence-corrected chi connectivity index (χ0v) is 14.9. The van der Waals surface area contributed by atoms with Crippen LogP contribution in [-0.2, 0) is 11.0 Å². The Labute approximate surface area is 133 Å². The van der Waals surface area contributed by atoms with Crippen LogP contribution in [0.25, 0.3) is 10.8 Å². The molecule has 0 aliphatic carbocycles. The molecule has 0 amide bonds. The van der Waals surface area contributed by atoms with Crippen molar-refractivity contribution in [3.8, 4) is 0 Å². The highest BCUT2D eigenvalue weighted by Gasteiger charge is 2.37. The number of fused-ring (bicyclic) bond motifs is 1. The molecular weight excluding hydrogens is 292 g/mol. The Hall–Kier alpha value is -1.65. The molecule has 0 saturated heterocycles. The minimum Gasteiger partial charge on any atom is -0.478 e. The van der Waals surface area contributed by atoms with Gasteiger partial charge in [0.05, 0.1) is 12.2 Å². The lowest BCUT2D eigenvalue weighted by Crippen LogP contribution is -2.40. The Kier molecular flexibility index (Phi) is 4.45. The number of carbonyl (C=O) groups is 1. The van der Waals surface area contributed by atoms with Crippen LogP contribution in [0.5, 0.6) is 0 Å². The number of aromatic carboxylic acids is 1. The maximum Gasteiger partial charge on any atom is 0.336 e. The number of hydrogen-bond donors (Lipinski definition) is 1. The second-order valence-corrected chi connectivity index (χ2v) is 12.0. The minimum atomic E-state index is -1.83. The van der Waals surface area contributed by atoms with Crippen LogP contribution in [0.1, 0.15) is 36.7 Å². The molecule has 0 saturated carbocycles. The number of rotatable bonds is 4. The summed E-state index contributed by atoms with van der Waals surface area (Å²) in [5, 5.41) is 11.2. The van der Waals surface area contributed by atoms with Gasteiger partial charge in [0.25, 0.3) is 0 Å². The van der Waals surface area contributed by atoms with Crippen LogP contribution in [0.15, 0.2) is 36.4 Å². The van der Waals surface area contributed by atoms with Crippen molar-refractivity contribution in [1.82, 2.24) is 0 Å². The molecule has 0 fully saturated rings. The van der Waals surface area contributed by atoms with E-state index in [4.69, 9.17) is 4.43 Å². The van der Waals surface area contributed by atoms with Crippen molar-refractivity contribution in [3.05, 3.63) is 47.5 Å². The van der Waals surface area contributed by atoms with Crippen molar-refractivity contribution in [2.24, 2.45) is 0 Å². The number of carboxylic acids is 1. The lowest BCUT2D eigenvalue weighted by Gasteiger charge is -2.36. The van der Waals surface area contributed by atoms with Crippen LogP contribution in [0.4, 0.5) is 0 Å². The van der Waals surface area contributed by atoms with E-state index < -0.39 is 14.3 Å². The van der Waals surface area contributed by atoms with E-state index in [9.17, 15) is 9.90 Å². The Bertz CT molecular complexity index is 699. The fraction of sp³-hybridized carbons (Fsp3) is 0.389. The fourth-order valence-corrected chi connectivity index (χ4v) is 3.10. The highest BCUT2D eigenvalue weighted by molar-refractivity contribution is 6.74. The molecule has 2 rings (SSSR count). The normalized spacial score (nSPS) is 12.6. The molecule has 118 valence electrons. The van der Waals surface area contributed by atoms with Crippen molar-refractivity contribution >= 4 is 25.1 Å². The van der Waals surface area contributed by atoms with Gasteiger partial charge in [0.1, 0.15) is 0 Å². The SMILES string of the molecule is CC(C)(C)[Si](C)(C)OCc1ccc(C(=O)O)c2ccccc12. The predicted molar refractivity (Wildman–Crippen MR) is 92.9 cm³/mol. The average molecular weight is 316 g/mol. The third kappa shape index (κ3) is 3.23. The molecule has 0 aromatic heterocycles. The minimum absolute atomic E-state index is 0.157. The van der Waals surface area contributed by atoms with Crippen LogP contribution in [0, 0.1) is 0 Å². The zero-order chi connectivity index (χ0) is 16.5. The van der Waals surface area contributed by atoms with Crippen LogP contribution in [0.2, 0.25) is 18.1 Å². The topological polar surface area (TPSA) is 46.5 Å². The molecule has 1 N–H and O–H groups in total. The van der Waals surface area contributed by atoms with E-state index in [0.29, 0.717) is 12.2 Å². The van der Waals surface area contributed by atoms with E-state index >= 15 is 0 Å². The summed E-state index contributed by atoms with van der Waals surface area (Å²) in [6.45, 7) is 11.6. The quantitative estimate of drug-likeness (QED) is 0.802. The van der Waals surface area contributed by atoms with Crippen LogP contribution in [0.3, 0.4) is 0 Å². The summed E-state index contributed by atoms with van der Waals surface area (Å²) in [4.78, 5) is 11.4. The third-order valence-electron chi connectivity index (χ3n) is 4.64. The van der Waals surface area contributed by atoms with E-state index in [2.05, 4.69) is 33.9 Å². The van der Waals surface area contributed by atoms with Crippen molar-refractivity contribution in [2.75, 3.05) is 0 Å². The van der Waals surface area contributed by atoms with Gasteiger partial charge >= 0.3 is 5.97 Å². The molecule has 0 aliphatic rings. The molecule has 0 bridgehead atoms. The summed E-state index contributed by atoms with van der Waals surface area (Å²) < 4.78 is 6.28. The fourth-order valence-electron chi connectivity index (χ4n) is 2.15. The molecule has 0 heterocycles. The highest BCUT2D eigenvalue weighted by atomic mass is 28.4. The van der Waals surface area contributed by atoms with Gasteiger partial charge in [-0.15, -0.1) is 0 Å². The summed E-state index contributed by atoms with van der Waals surface area (Å²) in [6, 6.07) is 11.2. The summed E-state index contributed by atoms with van der Waals surface area (Å²) >= 11 is 0. The number of benzene rings is 2. The molecule has 4 heteroatoms. The zero-order valence-electron chi connectivity index (χ0n) is 13.9. The molecular formula is C18H24O3Si. The van der Waals surface area contributed by atoms with E-state index in [1.807, 2.05) is 30.3 Å². The molecule has 22 heavy (non-hydrogen) atoms. The highest BCUT2D eigenvalue weighted by Crippen LogP contribution is 2.37. The second kappa shape index (κ2) is 5.86. The average Bonchev–Trinajstić information content (AvgIpc) is 2.43. The largest absolute Gasteiger partial charge is 0.478 e. The van der Waals surface area contributed by atoms with Crippen molar-refractivity contribution in [1.29, 1.82) is 0 Å². The van der Waals surface area contributed by atoms with Gasteiger partial charge < -0.3 is 9.53 Å². The van der Waals surface area contributed by atoms with Gasteiger partial charge in [0, 0.05) is 0 Å². The Morgan fingerprint density at radius 1 is 1.09 bits per heavy atom. The molecule has 3 nitrogen and oxygen atoms in total. The standard InChI is InChI=1S/C18H24O3Si/c1-18(2,3)22(4,5)21-12-13-10-11-16(17(19)20)15-9-7-6-8-14(13)15/h6-11H,12H2,1-5H3,(H,19,20). The van der Waals surface area contributed by atoms with Gasteiger partial charge in [0.2, 0.25) is 0 Å². The Balaban J connectivity index is 2.38. The van der Waals surface area contributed by atoms with E-state index in [0.717, 1.165) is 16.3 Å². The maximum absolute atomic E-state index is 11.4. The lowest BCUT2D eigenvalue weighted by molar-refractivity contribution is 0.0699. The van der Waals surface area contributed by atoms with Gasteiger partial charge in [-0.1, -0.05) is 51.1 Å². The number of hydrogen-bond acceptors (Lipinski definition) is 2. The summed E-state index contributed by atoms with van der Waals surface area (Å²) in [6.07, 6.45) is 0. The van der Waals surface area contributed by atoms with Gasteiger partial charge in [-0.2, -0.15) is 0 Å². The van der Waals surface area contributed by atoms with Gasteiger partial charge in [-0.25, -0.2) is 4.79 Å². The first-order valence-corrected chi connectivity index (χ1v) is 10.4. The van der Waals surface area contributed by atoms with Gasteiger partial charge in [0.15, 0.2) is 8.32 Å². The lowest BCUT2D eigenvalue weighted by atomic mass is 10.00. The summed E-state index contributed by atoms with van der Waals surface area (Å²) in [5.74, 6) is -0.895. The molecule has 0 aliphatic heterocycles. The first-order valence-electron chi connectivity index (χ1n) is 7.51. The van der Waals surface area contributed by atoms with Crippen LogP contribution in [-0.4, -0.2) is 19.4 Å². The van der Waals surface area contributed by atoms with Crippen LogP contribution >= 0.6 is 0 Å². The molecule has 2 aromatic carbocycles. The van der Waals surface area contributed by atoms with E-state index in [-0.39, 0.29) is 5.04 Å². The first-order chi connectivity index (χ1) is 10.1. The van der Waals surface area contributed by atoms with Crippen molar-refractivity contribution < 1.29 is 14.3 Å². The number of carboxylic acid groups (broad SMARTS) is 1. The Morgan fingerprint density at radius 2 is 1.68 bits per heavy atom. The molecule has 0 atom stereocenters. The van der Waals surface area contributed by atoms with Crippen molar-refractivity contribution in [3.63, 3.8) is 0 Å². The maximum atomic E-state index is 11.4. The van der Waals surface area contributed by atoms with E-state index in [1.54, 1.807) is 6.07 Å². The monoisotopic (exact) mass is 316 g/mol. The van der Waals surface area contributed by atoms with Crippen molar-refractivity contribution in [2.45, 2.75) is 45.5 Å². The predicted octanol–water partition coefficient (Wildman–Crippen LogP) is 5.06. The molecule has 0 unspecified atom stereocenters.